The van der Waals surface area contributed by atoms with Crippen LogP contribution in [0.15, 0.2) is 17.6 Å². The van der Waals surface area contributed by atoms with Gasteiger partial charge in [0.15, 0.2) is 5.13 Å². The molecular formula is C11H12N2S2. The van der Waals surface area contributed by atoms with Crippen LogP contribution < -0.4 is 5.32 Å². The third-order valence-electron chi connectivity index (χ3n) is 2.64. The SMILES string of the molecule is c1csc(NCc2cc3c(s2)CCC3)n1. The second-order valence-electron chi connectivity index (χ2n) is 3.71. The molecule has 4 heteroatoms. The summed E-state index contributed by atoms with van der Waals surface area (Å²) in [5.74, 6) is 0. The highest BCUT2D eigenvalue weighted by molar-refractivity contribution is 7.13. The van der Waals surface area contributed by atoms with Crippen LogP contribution in [0.4, 0.5) is 5.13 Å². The van der Waals surface area contributed by atoms with Crippen molar-refractivity contribution in [3.05, 3.63) is 33.0 Å². The van der Waals surface area contributed by atoms with E-state index in [4.69, 9.17) is 0 Å². The molecule has 78 valence electrons. The highest BCUT2D eigenvalue weighted by Gasteiger charge is 2.14. The number of anilines is 1. The normalized spacial score (nSPS) is 14.1. The third-order valence-corrected chi connectivity index (χ3v) is 4.61. The first-order valence-electron chi connectivity index (χ1n) is 5.15. The molecular weight excluding hydrogens is 224 g/mol. The van der Waals surface area contributed by atoms with Gasteiger partial charge in [0.1, 0.15) is 0 Å². The Morgan fingerprint density at radius 2 is 2.40 bits per heavy atom. The Labute approximate surface area is 97.0 Å². The predicted molar refractivity (Wildman–Crippen MR) is 65.8 cm³/mol. The van der Waals surface area contributed by atoms with E-state index in [0.717, 1.165) is 11.7 Å². The summed E-state index contributed by atoms with van der Waals surface area (Å²) in [5, 5.41) is 6.36. The van der Waals surface area contributed by atoms with Crippen molar-refractivity contribution in [2.24, 2.45) is 0 Å². The molecule has 2 heterocycles. The van der Waals surface area contributed by atoms with Crippen LogP contribution in [0, 0.1) is 0 Å². The number of aromatic nitrogens is 1. The van der Waals surface area contributed by atoms with Crippen molar-refractivity contribution in [3.63, 3.8) is 0 Å². The molecule has 15 heavy (non-hydrogen) atoms. The summed E-state index contributed by atoms with van der Waals surface area (Å²) in [6.45, 7) is 0.922. The molecule has 0 spiro atoms. The van der Waals surface area contributed by atoms with Crippen LogP contribution in [-0.4, -0.2) is 4.98 Å². The van der Waals surface area contributed by atoms with Crippen LogP contribution in [0.2, 0.25) is 0 Å². The molecule has 0 aromatic carbocycles. The van der Waals surface area contributed by atoms with Crippen LogP contribution in [0.5, 0.6) is 0 Å². The van der Waals surface area contributed by atoms with Gasteiger partial charge < -0.3 is 5.32 Å². The van der Waals surface area contributed by atoms with Gasteiger partial charge in [-0.2, -0.15) is 0 Å². The van der Waals surface area contributed by atoms with Crippen molar-refractivity contribution < 1.29 is 0 Å². The van der Waals surface area contributed by atoms with E-state index >= 15 is 0 Å². The molecule has 1 aliphatic rings. The van der Waals surface area contributed by atoms with E-state index in [9.17, 15) is 0 Å². The Morgan fingerprint density at radius 1 is 1.40 bits per heavy atom. The van der Waals surface area contributed by atoms with Crippen LogP contribution in [0.25, 0.3) is 0 Å². The molecule has 3 rings (SSSR count). The van der Waals surface area contributed by atoms with Crippen molar-refractivity contribution in [2.45, 2.75) is 25.8 Å². The molecule has 0 atom stereocenters. The second kappa shape index (κ2) is 3.94. The molecule has 1 N–H and O–H groups in total. The number of thiazole rings is 1. The average molecular weight is 236 g/mol. The van der Waals surface area contributed by atoms with Gasteiger partial charge in [-0.1, -0.05) is 0 Å². The average Bonchev–Trinajstić information content (AvgIpc) is 2.91. The van der Waals surface area contributed by atoms with Gasteiger partial charge in [0.05, 0.1) is 6.54 Å². The summed E-state index contributed by atoms with van der Waals surface area (Å²) in [6, 6.07) is 2.35. The maximum Gasteiger partial charge on any atom is 0.182 e. The van der Waals surface area contributed by atoms with Crippen molar-refractivity contribution >= 4 is 27.8 Å². The smallest absolute Gasteiger partial charge is 0.182 e. The molecule has 0 bridgehead atoms. The molecule has 0 radical (unpaired) electrons. The quantitative estimate of drug-likeness (QED) is 0.884. The van der Waals surface area contributed by atoms with E-state index in [0.29, 0.717) is 0 Å². The first kappa shape index (κ1) is 9.36. The van der Waals surface area contributed by atoms with E-state index in [2.05, 4.69) is 16.4 Å². The fraction of sp³-hybridized carbons (Fsp3) is 0.364. The molecule has 0 amide bonds. The zero-order valence-corrected chi connectivity index (χ0v) is 9.96. The number of thiophene rings is 1. The minimum absolute atomic E-state index is 0.922. The van der Waals surface area contributed by atoms with Crippen LogP contribution >= 0.6 is 22.7 Å². The lowest BCUT2D eigenvalue weighted by Gasteiger charge is -1.98. The van der Waals surface area contributed by atoms with E-state index in [1.807, 2.05) is 22.9 Å². The lowest BCUT2D eigenvalue weighted by atomic mass is 10.2. The molecule has 2 nitrogen and oxygen atoms in total. The second-order valence-corrected chi connectivity index (χ2v) is 5.82. The van der Waals surface area contributed by atoms with E-state index < -0.39 is 0 Å². The fourth-order valence-corrected chi connectivity index (χ4v) is 3.68. The van der Waals surface area contributed by atoms with E-state index in [-0.39, 0.29) is 0 Å². The molecule has 0 saturated carbocycles. The number of fused-ring (bicyclic) bond motifs is 1. The minimum Gasteiger partial charge on any atom is -0.357 e. The molecule has 0 saturated heterocycles. The first-order valence-corrected chi connectivity index (χ1v) is 6.85. The summed E-state index contributed by atoms with van der Waals surface area (Å²) in [6.07, 6.45) is 5.75. The molecule has 0 aliphatic heterocycles. The van der Waals surface area contributed by atoms with Gasteiger partial charge in [-0.05, 0) is 30.9 Å². The number of hydrogen-bond acceptors (Lipinski definition) is 4. The number of hydrogen-bond donors (Lipinski definition) is 1. The number of aryl methyl sites for hydroxylation is 2. The van der Waals surface area contributed by atoms with Crippen LogP contribution in [-0.2, 0) is 19.4 Å². The highest BCUT2D eigenvalue weighted by Crippen LogP contribution is 2.30. The van der Waals surface area contributed by atoms with Gasteiger partial charge in [-0.25, -0.2) is 4.98 Å². The predicted octanol–water partition coefficient (Wildman–Crippen LogP) is 3.31. The molecule has 2 aromatic rings. The van der Waals surface area contributed by atoms with Crippen molar-refractivity contribution in [2.75, 3.05) is 5.32 Å². The summed E-state index contributed by atoms with van der Waals surface area (Å²) < 4.78 is 0. The number of nitrogens with zero attached hydrogens (tertiary/aromatic N) is 1. The van der Waals surface area contributed by atoms with Crippen molar-refractivity contribution in [3.8, 4) is 0 Å². The zero-order valence-electron chi connectivity index (χ0n) is 8.32. The van der Waals surface area contributed by atoms with Crippen molar-refractivity contribution in [1.82, 2.24) is 4.98 Å². The maximum atomic E-state index is 4.21. The monoisotopic (exact) mass is 236 g/mol. The van der Waals surface area contributed by atoms with Gasteiger partial charge in [0, 0.05) is 21.3 Å². The Balaban J connectivity index is 1.67. The molecule has 2 aromatic heterocycles. The Morgan fingerprint density at radius 3 is 3.20 bits per heavy atom. The number of nitrogens with one attached hydrogen (secondary N) is 1. The Hall–Kier alpha value is -0.870. The third kappa shape index (κ3) is 1.92. The first-order chi connectivity index (χ1) is 7.42. The molecule has 0 fully saturated rings. The number of rotatable bonds is 3. The highest BCUT2D eigenvalue weighted by atomic mass is 32.1. The standard InChI is InChI=1S/C11H12N2S2/c1-2-8-6-9(15-10(8)3-1)7-13-11-12-4-5-14-11/h4-6H,1-3,7H2,(H,12,13). The van der Waals surface area contributed by atoms with Gasteiger partial charge in [-0.15, -0.1) is 22.7 Å². The zero-order chi connectivity index (χ0) is 10.1. The summed E-state index contributed by atoms with van der Waals surface area (Å²) in [5.41, 5.74) is 1.58. The Kier molecular flexibility index (Phi) is 2.46. The summed E-state index contributed by atoms with van der Waals surface area (Å²) in [4.78, 5) is 7.25. The van der Waals surface area contributed by atoms with Gasteiger partial charge in [0.25, 0.3) is 0 Å². The van der Waals surface area contributed by atoms with Crippen LogP contribution in [0.1, 0.15) is 21.7 Å². The fourth-order valence-electron chi connectivity index (χ4n) is 1.95. The lowest BCUT2D eigenvalue weighted by Crippen LogP contribution is -1.96. The van der Waals surface area contributed by atoms with Gasteiger partial charge >= 0.3 is 0 Å². The maximum absolute atomic E-state index is 4.21. The molecule has 0 unspecified atom stereocenters. The van der Waals surface area contributed by atoms with Crippen molar-refractivity contribution in [1.29, 1.82) is 0 Å². The minimum atomic E-state index is 0.922. The molecule has 1 aliphatic carbocycles. The van der Waals surface area contributed by atoms with Crippen LogP contribution in [0.3, 0.4) is 0 Å². The van der Waals surface area contributed by atoms with Gasteiger partial charge in [-0.3, -0.25) is 0 Å². The lowest BCUT2D eigenvalue weighted by molar-refractivity contribution is 0.913. The van der Waals surface area contributed by atoms with E-state index in [1.165, 1.54) is 24.1 Å². The summed E-state index contributed by atoms with van der Waals surface area (Å²) >= 11 is 3.61. The topological polar surface area (TPSA) is 24.9 Å². The Bertz CT molecular complexity index is 424. The van der Waals surface area contributed by atoms with E-state index in [1.54, 1.807) is 21.8 Å². The summed E-state index contributed by atoms with van der Waals surface area (Å²) in [7, 11) is 0. The largest absolute Gasteiger partial charge is 0.357 e. The van der Waals surface area contributed by atoms with Gasteiger partial charge in [0.2, 0.25) is 0 Å².